The minimum atomic E-state index is -3.73. The van der Waals surface area contributed by atoms with Crippen molar-refractivity contribution in [2.24, 2.45) is 0 Å². The summed E-state index contributed by atoms with van der Waals surface area (Å²) in [6, 6.07) is 14.0. The fourth-order valence-electron chi connectivity index (χ4n) is 7.42. The van der Waals surface area contributed by atoms with E-state index < -0.39 is 10.0 Å². The van der Waals surface area contributed by atoms with Crippen LogP contribution in [-0.4, -0.2) is 118 Å². The second kappa shape index (κ2) is 14.3. The van der Waals surface area contributed by atoms with Crippen molar-refractivity contribution in [1.82, 2.24) is 19.0 Å². The SMILES string of the molecule is COc1cc(C)c(S(=O)(=O)N2CCCCC2COCC(=O)N2CCC(Cc3ccccc3)(N3CCN(C)CC3)CC2)c(C)c1. The Hall–Kier alpha value is -2.50. The zero-order valence-corrected chi connectivity index (χ0v) is 27.8. The van der Waals surface area contributed by atoms with Crippen LogP contribution in [0.4, 0.5) is 0 Å². The van der Waals surface area contributed by atoms with Gasteiger partial charge in [0.15, 0.2) is 0 Å². The average molecular weight is 627 g/mol. The molecule has 1 unspecified atom stereocenters. The average Bonchev–Trinajstić information content (AvgIpc) is 3.02. The summed E-state index contributed by atoms with van der Waals surface area (Å²) in [6.07, 6.45) is 5.35. The number of nitrogens with zero attached hydrogens (tertiary/aromatic N) is 4. The molecule has 3 fully saturated rings. The zero-order valence-electron chi connectivity index (χ0n) is 27.0. The Labute approximate surface area is 264 Å². The Morgan fingerprint density at radius 1 is 0.932 bits per heavy atom. The number of carbonyl (C=O) groups is 1. The van der Waals surface area contributed by atoms with Crippen molar-refractivity contribution < 1.29 is 22.7 Å². The number of hydrogen-bond donors (Lipinski definition) is 0. The standard InChI is InChI=1S/C34H50N4O5S/c1-27-22-31(42-4)23-28(2)33(27)44(40,41)38-15-9-8-12-30(38)25-43-26-32(39)36-16-13-34(14-17-36,24-29-10-6-5-7-11-29)37-20-18-35(3)19-21-37/h5-7,10-11,22-23,30H,8-9,12-21,24-26H2,1-4H3. The van der Waals surface area contributed by atoms with Gasteiger partial charge in [-0.05, 0) is 81.8 Å². The van der Waals surface area contributed by atoms with Crippen molar-refractivity contribution in [3.8, 4) is 5.75 Å². The molecule has 0 saturated carbocycles. The predicted octanol–water partition coefficient (Wildman–Crippen LogP) is 3.72. The number of likely N-dealkylation sites (N-methyl/N-ethyl adjacent to an activating group) is 1. The quantitative estimate of drug-likeness (QED) is 0.398. The van der Waals surface area contributed by atoms with Crippen molar-refractivity contribution in [2.45, 2.75) is 68.8 Å². The molecule has 242 valence electrons. The lowest BCUT2D eigenvalue weighted by Gasteiger charge is -2.51. The zero-order chi connectivity index (χ0) is 31.3. The maximum Gasteiger partial charge on any atom is 0.248 e. The van der Waals surface area contributed by atoms with E-state index in [1.165, 1.54) is 5.56 Å². The highest BCUT2D eigenvalue weighted by atomic mass is 32.2. The molecular formula is C34H50N4O5S. The van der Waals surface area contributed by atoms with Gasteiger partial charge in [-0.15, -0.1) is 0 Å². The van der Waals surface area contributed by atoms with E-state index >= 15 is 0 Å². The third-order valence-electron chi connectivity index (χ3n) is 9.94. The van der Waals surface area contributed by atoms with Crippen LogP contribution in [0.5, 0.6) is 5.75 Å². The Kier molecular flexibility index (Phi) is 10.7. The van der Waals surface area contributed by atoms with Crippen molar-refractivity contribution in [2.75, 3.05) is 73.2 Å². The van der Waals surface area contributed by atoms with Crippen LogP contribution >= 0.6 is 0 Å². The summed E-state index contributed by atoms with van der Waals surface area (Å²) in [5, 5.41) is 0. The van der Waals surface area contributed by atoms with Crippen LogP contribution in [0.25, 0.3) is 0 Å². The van der Waals surface area contributed by atoms with Crippen LogP contribution in [-0.2, 0) is 26.0 Å². The summed E-state index contributed by atoms with van der Waals surface area (Å²) in [5.74, 6) is 0.637. The monoisotopic (exact) mass is 626 g/mol. The van der Waals surface area contributed by atoms with Crippen molar-refractivity contribution in [1.29, 1.82) is 0 Å². The van der Waals surface area contributed by atoms with E-state index in [2.05, 4.69) is 47.2 Å². The second-order valence-electron chi connectivity index (χ2n) is 12.9. The minimum absolute atomic E-state index is 0.0104. The smallest absolute Gasteiger partial charge is 0.248 e. The molecular weight excluding hydrogens is 576 g/mol. The summed E-state index contributed by atoms with van der Waals surface area (Å²) in [6.45, 7) is 9.93. The highest BCUT2D eigenvalue weighted by molar-refractivity contribution is 7.89. The molecule has 3 saturated heterocycles. The normalized spacial score (nSPS) is 22.2. The molecule has 10 heteroatoms. The first-order valence-electron chi connectivity index (χ1n) is 16.1. The van der Waals surface area contributed by atoms with E-state index in [9.17, 15) is 13.2 Å². The Bertz CT molecular complexity index is 1350. The molecule has 0 N–H and O–H groups in total. The molecule has 3 heterocycles. The van der Waals surface area contributed by atoms with Gasteiger partial charge in [0.1, 0.15) is 12.4 Å². The van der Waals surface area contributed by atoms with Gasteiger partial charge >= 0.3 is 0 Å². The second-order valence-corrected chi connectivity index (χ2v) is 14.8. The maximum absolute atomic E-state index is 13.9. The number of ether oxygens (including phenoxy) is 2. The molecule has 0 radical (unpaired) electrons. The summed E-state index contributed by atoms with van der Waals surface area (Å²) in [7, 11) is 0.0427. The summed E-state index contributed by atoms with van der Waals surface area (Å²) >= 11 is 0. The number of sulfonamides is 1. The van der Waals surface area contributed by atoms with Crippen LogP contribution in [0, 0.1) is 13.8 Å². The number of hydrogen-bond acceptors (Lipinski definition) is 7. The van der Waals surface area contributed by atoms with E-state index in [1.54, 1.807) is 23.5 Å². The number of amides is 1. The third-order valence-corrected chi connectivity index (χ3v) is 12.2. The molecule has 3 aliphatic rings. The molecule has 2 aromatic carbocycles. The molecule has 1 amide bonds. The topological polar surface area (TPSA) is 82.6 Å². The van der Waals surface area contributed by atoms with E-state index in [4.69, 9.17) is 9.47 Å². The Morgan fingerprint density at radius 3 is 2.23 bits per heavy atom. The van der Waals surface area contributed by atoms with Crippen LogP contribution in [0.1, 0.15) is 48.8 Å². The molecule has 0 aromatic heterocycles. The van der Waals surface area contributed by atoms with Crippen LogP contribution < -0.4 is 4.74 Å². The summed E-state index contributed by atoms with van der Waals surface area (Å²) < 4.78 is 40.7. The lowest BCUT2D eigenvalue weighted by molar-refractivity contribution is -0.139. The van der Waals surface area contributed by atoms with Crippen LogP contribution in [0.2, 0.25) is 0 Å². The number of rotatable bonds is 10. The van der Waals surface area contributed by atoms with E-state index in [0.29, 0.717) is 41.4 Å². The molecule has 0 aliphatic carbocycles. The van der Waals surface area contributed by atoms with E-state index in [1.807, 2.05) is 18.7 Å². The van der Waals surface area contributed by atoms with E-state index in [-0.39, 0.29) is 30.7 Å². The number of piperidine rings is 2. The Morgan fingerprint density at radius 2 is 1.59 bits per heavy atom. The maximum atomic E-state index is 13.9. The fraction of sp³-hybridized carbons (Fsp3) is 0.618. The molecule has 44 heavy (non-hydrogen) atoms. The number of methoxy groups -OCH3 is 1. The molecule has 2 aromatic rings. The van der Waals surface area contributed by atoms with Gasteiger partial charge in [0.05, 0.1) is 18.6 Å². The summed E-state index contributed by atoms with van der Waals surface area (Å²) in [4.78, 5) is 20.7. The minimum Gasteiger partial charge on any atom is -0.497 e. The number of piperazine rings is 1. The third kappa shape index (κ3) is 7.31. The van der Waals surface area contributed by atoms with E-state index in [0.717, 1.165) is 64.7 Å². The first-order chi connectivity index (χ1) is 21.1. The van der Waals surface area contributed by atoms with Gasteiger partial charge in [-0.1, -0.05) is 36.8 Å². The summed E-state index contributed by atoms with van der Waals surface area (Å²) in [5.41, 5.74) is 2.75. The van der Waals surface area contributed by atoms with Crippen LogP contribution in [0.15, 0.2) is 47.4 Å². The number of aryl methyl sites for hydroxylation is 2. The van der Waals surface area contributed by atoms with Gasteiger partial charge in [0, 0.05) is 57.4 Å². The molecule has 3 aliphatic heterocycles. The fourth-order valence-corrected chi connectivity index (χ4v) is 9.51. The van der Waals surface area contributed by atoms with Gasteiger partial charge in [-0.25, -0.2) is 8.42 Å². The van der Waals surface area contributed by atoms with Gasteiger partial charge in [-0.2, -0.15) is 4.31 Å². The van der Waals surface area contributed by atoms with Gasteiger partial charge < -0.3 is 19.3 Å². The molecule has 1 atom stereocenters. The van der Waals surface area contributed by atoms with Gasteiger partial charge in [0.25, 0.3) is 0 Å². The lowest BCUT2D eigenvalue weighted by atomic mass is 9.79. The molecule has 5 rings (SSSR count). The molecule has 9 nitrogen and oxygen atoms in total. The van der Waals surface area contributed by atoms with Crippen molar-refractivity contribution in [3.63, 3.8) is 0 Å². The number of carbonyl (C=O) groups excluding carboxylic acids is 1. The molecule has 0 spiro atoms. The lowest BCUT2D eigenvalue weighted by Crippen LogP contribution is -2.62. The highest BCUT2D eigenvalue weighted by Crippen LogP contribution is 2.34. The highest BCUT2D eigenvalue weighted by Gasteiger charge is 2.42. The largest absolute Gasteiger partial charge is 0.497 e. The van der Waals surface area contributed by atoms with Crippen LogP contribution in [0.3, 0.4) is 0 Å². The predicted molar refractivity (Wildman–Crippen MR) is 173 cm³/mol. The molecule has 0 bridgehead atoms. The first-order valence-corrected chi connectivity index (χ1v) is 17.6. The number of likely N-dealkylation sites (tertiary alicyclic amines) is 1. The van der Waals surface area contributed by atoms with Crippen molar-refractivity contribution in [3.05, 3.63) is 59.2 Å². The number of benzene rings is 2. The van der Waals surface area contributed by atoms with Crippen molar-refractivity contribution >= 4 is 15.9 Å². The van der Waals surface area contributed by atoms with Gasteiger partial charge in [-0.3, -0.25) is 9.69 Å². The first kappa shape index (κ1) is 32.9. The Balaban J connectivity index is 1.19. The van der Waals surface area contributed by atoms with Gasteiger partial charge in [0.2, 0.25) is 15.9 Å².